The Morgan fingerprint density at radius 1 is 1.56 bits per heavy atom. The van der Waals surface area contributed by atoms with Gasteiger partial charge in [0.2, 0.25) is 0 Å². The van der Waals surface area contributed by atoms with Crippen LogP contribution in [0.25, 0.3) is 0 Å². The van der Waals surface area contributed by atoms with E-state index in [0.717, 1.165) is 17.3 Å². The molecule has 0 heterocycles. The van der Waals surface area contributed by atoms with Crippen molar-refractivity contribution in [1.29, 1.82) is 0 Å². The molecule has 2 N–H and O–H groups in total. The summed E-state index contributed by atoms with van der Waals surface area (Å²) in [6, 6.07) is 1.77. The summed E-state index contributed by atoms with van der Waals surface area (Å²) in [4.78, 5) is 10.9. The van der Waals surface area contributed by atoms with Gasteiger partial charge in [0.05, 0.1) is 18.0 Å². The molecule has 1 aromatic carbocycles. The van der Waals surface area contributed by atoms with Crippen molar-refractivity contribution in [2.45, 2.75) is 31.6 Å². The van der Waals surface area contributed by atoms with Gasteiger partial charge in [-0.2, -0.15) is 0 Å². The number of hydrogen-bond donors (Lipinski definition) is 2. The van der Waals surface area contributed by atoms with Gasteiger partial charge in [0.15, 0.2) is 0 Å². The summed E-state index contributed by atoms with van der Waals surface area (Å²) in [5, 5.41) is 19.2. The maximum atomic E-state index is 10.9. The van der Waals surface area contributed by atoms with Crippen molar-refractivity contribution in [3.05, 3.63) is 21.7 Å². The van der Waals surface area contributed by atoms with Gasteiger partial charge in [-0.1, -0.05) is 0 Å². The molecule has 1 aliphatic rings. The molecule has 0 unspecified atom stereocenters. The first-order chi connectivity index (χ1) is 8.41. The zero-order valence-corrected chi connectivity index (χ0v) is 11.9. The van der Waals surface area contributed by atoms with Gasteiger partial charge in [-0.3, -0.25) is 4.79 Å². The molecule has 0 saturated heterocycles. The summed E-state index contributed by atoms with van der Waals surface area (Å²) < 4.78 is 5.95. The molecule has 0 radical (unpaired) electrons. The number of methoxy groups -OCH3 is 1. The number of ether oxygens (including phenoxy) is 1. The van der Waals surface area contributed by atoms with Crippen molar-refractivity contribution in [2.24, 2.45) is 0 Å². The third-order valence-electron chi connectivity index (χ3n) is 3.56. The molecule has 18 heavy (non-hydrogen) atoms. The van der Waals surface area contributed by atoms with E-state index in [1.165, 1.54) is 7.11 Å². The lowest BCUT2D eigenvalue weighted by Crippen LogP contribution is -2.13. The molecule has 0 atom stereocenters. The molecular formula is C13H15BrO4. The minimum absolute atomic E-state index is 0.0543. The van der Waals surface area contributed by atoms with E-state index < -0.39 is 11.4 Å². The largest absolute Gasteiger partial charge is 0.507 e. The highest BCUT2D eigenvalue weighted by molar-refractivity contribution is 9.10. The summed E-state index contributed by atoms with van der Waals surface area (Å²) in [6.07, 6.45) is 1.65. The summed E-state index contributed by atoms with van der Waals surface area (Å²) in [5.74, 6) is -0.104. The number of phenols is 1. The van der Waals surface area contributed by atoms with Gasteiger partial charge in [0.25, 0.3) is 0 Å². The molecule has 0 bridgehead atoms. The second kappa shape index (κ2) is 4.46. The Morgan fingerprint density at radius 3 is 2.61 bits per heavy atom. The van der Waals surface area contributed by atoms with Crippen LogP contribution in [0.4, 0.5) is 0 Å². The zero-order chi connectivity index (χ0) is 13.5. The normalized spacial score (nSPS) is 16.4. The van der Waals surface area contributed by atoms with Crippen molar-refractivity contribution >= 4 is 21.9 Å². The summed E-state index contributed by atoms with van der Waals surface area (Å²) in [7, 11) is 1.54. The number of phenolic OH excluding ortho intramolecular Hbond substituents is 1. The fourth-order valence-electron chi connectivity index (χ4n) is 2.39. The SMILES string of the molecule is COc1c(Br)cc(C2(CC(=O)O)CC2)c(O)c1C. The van der Waals surface area contributed by atoms with E-state index in [4.69, 9.17) is 9.84 Å². The van der Waals surface area contributed by atoms with Crippen LogP contribution in [0.15, 0.2) is 10.5 Å². The Labute approximate surface area is 114 Å². The predicted molar refractivity (Wildman–Crippen MR) is 70.3 cm³/mol. The van der Waals surface area contributed by atoms with Crippen LogP contribution in [0.3, 0.4) is 0 Å². The Hall–Kier alpha value is -1.23. The topological polar surface area (TPSA) is 66.8 Å². The lowest BCUT2D eigenvalue weighted by molar-refractivity contribution is -0.137. The van der Waals surface area contributed by atoms with Crippen molar-refractivity contribution in [3.8, 4) is 11.5 Å². The maximum absolute atomic E-state index is 10.9. The molecule has 1 aromatic rings. The van der Waals surface area contributed by atoms with Crippen molar-refractivity contribution in [3.63, 3.8) is 0 Å². The molecule has 1 fully saturated rings. The van der Waals surface area contributed by atoms with Crippen LogP contribution in [-0.2, 0) is 10.2 Å². The number of carboxylic acids is 1. The highest BCUT2D eigenvalue weighted by atomic mass is 79.9. The summed E-state index contributed by atoms with van der Waals surface area (Å²) in [6.45, 7) is 1.76. The van der Waals surface area contributed by atoms with Crippen molar-refractivity contribution in [2.75, 3.05) is 7.11 Å². The van der Waals surface area contributed by atoms with Gasteiger partial charge in [0.1, 0.15) is 11.5 Å². The Balaban J connectivity index is 2.50. The van der Waals surface area contributed by atoms with Crippen molar-refractivity contribution in [1.82, 2.24) is 0 Å². The lowest BCUT2D eigenvalue weighted by atomic mass is 9.90. The summed E-state index contributed by atoms with van der Waals surface area (Å²) in [5.41, 5.74) is 0.934. The third-order valence-corrected chi connectivity index (χ3v) is 4.15. The van der Waals surface area contributed by atoms with Crippen LogP contribution < -0.4 is 4.74 Å². The number of carbonyl (C=O) groups is 1. The van der Waals surface area contributed by atoms with Gasteiger partial charge in [-0.15, -0.1) is 0 Å². The molecule has 0 amide bonds. The average molecular weight is 315 g/mol. The van der Waals surface area contributed by atoms with E-state index in [-0.39, 0.29) is 12.2 Å². The van der Waals surface area contributed by atoms with Crippen LogP contribution in [0.2, 0.25) is 0 Å². The minimum atomic E-state index is -0.837. The van der Waals surface area contributed by atoms with E-state index in [9.17, 15) is 9.90 Å². The smallest absolute Gasteiger partial charge is 0.304 e. The second-order valence-corrected chi connectivity index (χ2v) is 5.62. The van der Waals surface area contributed by atoms with Crippen LogP contribution in [-0.4, -0.2) is 23.3 Å². The van der Waals surface area contributed by atoms with E-state index in [1.807, 2.05) is 0 Å². The highest BCUT2D eigenvalue weighted by Crippen LogP contribution is 2.56. The number of benzene rings is 1. The van der Waals surface area contributed by atoms with Crippen LogP contribution >= 0.6 is 15.9 Å². The molecule has 4 nitrogen and oxygen atoms in total. The molecule has 0 aromatic heterocycles. The fourth-order valence-corrected chi connectivity index (χ4v) is 3.07. The number of aromatic hydroxyl groups is 1. The Bertz CT molecular complexity index is 506. The monoisotopic (exact) mass is 314 g/mol. The van der Waals surface area contributed by atoms with E-state index in [0.29, 0.717) is 16.9 Å². The number of aliphatic carboxylic acids is 1. The number of hydrogen-bond acceptors (Lipinski definition) is 3. The first-order valence-electron chi connectivity index (χ1n) is 5.69. The molecule has 0 aliphatic heterocycles. The predicted octanol–water partition coefficient (Wildman–Crippen LogP) is 2.98. The van der Waals surface area contributed by atoms with Gasteiger partial charge in [-0.25, -0.2) is 0 Å². The molecule has 0 spiro atoms. The zero-order valence-electron chi connectivity index (χ0n) is 10.3. The minimum Gasteiger partial charge on any atom is -0.507 e. The van der Waals surface area contributed by atoms with Crippen LogP contribution in [0.1, 0.15) is 30.4 Å². The van der Waals surface area contributed by atoms with E-state index in [2.05, 4.69) is 15.9 Å². The molecular weight excluding hydrogens is 300 g/mol. The van der Waals surface area contributed by atoms with Crippen LogP contribution in [0.5, 0.6) is 11.5 Å². The van der Waals surface area contributed by atoms with Crippen LogP contribution in [0, 0.1) is 6.92 Å². The quantitative estimate of drug-likeness (QED) is 0.896. The fraction of sp³-hybridized carbons (Fsp3) is 0.462. The maximum Gasteiger partial charge on any atom is 0.304 e. The molecule has 1 aliphatic carbocycles. The third kappa shape index (κ3) is 2.07. The number of carboxylic acid groups (broad SMARTS) is 1. The average Bonchev–Trinajstić information content (AvgIpc) is 3.04. The second-order valence-electron chi connectivity index (χ2n) is 4.76. The lowest BCUT2D eigenvalue weighted by Gasteiger charge is -2.19. The molecule has 2 rings (SSSR count). The van der Waals surface area contributed by atoms with Crippen molar-refractivity contribution < 1.29 is 19.7 Å². The van der Waals surface area contributed by atoms with Gasteiger partial charge >= 0.3 is 5.97 Å². The van der Waals surface area contributed by atoms with Gasteiger partial charge < -0.3 is 14.9 Å². The number of halogens is 1. The molecule has 5 heteroatoms. The Kier molecular flexibility index (Phi) is 3.27. The summed E-state index contributed by atoms with van der Waals surface area (Å²) >= 11 is 3.40. The molecule has 1 saturated carbocycles. The van der Waals surface area contributed by atoms with Gasteiger partial charge in [-0.05, 0) is 41.8 Å². The first kappa shape index (κ1) is 13.2. The highest BCUT2D eigenvalue weighted by Gasteiger charge is 2.48. The number of rotatable bonds is 4. The van der Waals surface area contributed by atoms with E-state index in [1.54, 1.807) is 13.0 Å². The standard InChI is InChI=1S/C13H15BrO4/c1-7-11(17)8(5-9(14)12(7)18-2)13(3-4-13)6-10(15)16/h5,17H,3-4,6H2,1-2H3,(H,15,16). The van der Waals surface area contributed by atoms with E-state index >= 15 is 0 Å². The van der Waals surface area contributed by atoms with Gasteiger partial charge in [0, 0.05) is 16.5 Å². The molecule has 98 valence electrons. The first-order valence-corrected chi connectivity index (χ1v) is 6.49. The Morgan fingerprint density at radius 2 is 2.17 bits per heavy atom.